The van der Waals surface area contributed by atoms with E-state index in [1.807, 2.05) is 48.5 Å². The smallest absolute Gasteiger partial charge is 0.255 e. The molecule has 2 aromatic rings. The first-order chi connectivity index (χ1) is 12.3. The molecule has 26 heavy (non-hydrogen) atoms. The first-order valence-corrected chi connectivity index (χ1v) is 9.13. The van der Waals surface area contributed by atoms with Crippen LogP contribution in [0.25, 0.3) is 0 Å². The summed E-state index contributed by atoms with van der Waals surface area (Å²) in [7, 11) is 0. The summed E-state index contributed by atoms with van der Waals surface area (Å²) in [5.74, 6) is 0.668. The van der Waals surface area contributed by atoms with Crippen LogP contribution in [0.1, 0.15) is 48.5 Å². The molecule has 1 aliphatic rings. The molecule has 4 nitrogen and oxygen atoms in total. The zero-order valence-corrected chi connectivity index (χ0v) is 16.0. The topological polar surface area (TPSA) is 50.4 Å². The van der Waals surface area contributed by atoms with Gasteiger partial charge in [0.15, 0.2) is 0 Å². The Hall–Kier alpha value is -2.04. The highest BCUT2D eigenvalue weighted by Gasteiger charge is 2.17. The van der Waals surface area contributed by atoms with Crippen LogP contribution >= 0.6 is 12.4 Å². The SMILES string of the molecule is CCNCc1ccccc1NC(=O)c1cccc(OC2CCCC2)c1.Cl. The molecular formula is C21H27ClN2O2. The summed E-state index contributed by atoms with van der Waals surface area (Å²) in [6.07, 6.45) is 4.96. The van der Waals surface area contributed by atoms with E-state index in [4.69, 9.17) is 4.74 Å². The molecule has 0 bridgehead atoms. The number of halogens is 1. The average molecular weight is 375 g/mol. The summed E-state index contributed by atoms with van der Waals surface area (Å²) in [5, 5.41) is 6.32. The lowest BCUT2D eigenvalue weighted by Crippen LogP contribution is -2.17. The van der Waals surface area contributed by atoms with Crippen LogP contribution in [0.3, 0.4) is 0 Å². The number of carbonyl (C=O) groups is 1. The molecule has 0 heterocycles. The first-order valence-electron chi connectivity index (χ1n) is 9.13. The highest BCUT2D eigenvalue weighted by atomic mass is 35.5. The second-order valence-electron chi connectivity index (χ2n) is 6.44. The van der Waals surface area contributed by atoms with Gasteiger partial charge in [0.1, 0.15) is 5.75 Å². The van der Waals surface area contributed by atoms with Gasteiger partial charge >= 0.3 is 0 Å². The molecule has 0 saturated heterocycles. The molecule has 3 rings (SSSR count). The van der Waals surface area contributed by atoms with Crippen molar-refractivity contribution in [3.63, 3.8) is 0 Å². The van der Waals surface area contributed by atoms with Crippen LogP contribution in [0.4, 0.5) is 5.69 Å². The van der Waals surface area contributed by atoms with Gasteiger partial charge in [-0.3, -0.25) is 4.79 Å². The van der Waals surface area contributed by atoms with Crippen molar-refractivity contribution in [1.29, 1.82) is 0 Å². The Morgan fingerprint density at radius 2 is 1.88 bits per heavy atom. The molecule has 0 atom stereocenters. The Kier molecular flexibility index (Phi) is 7.95. The normalized spacial score (nSPS) is 13.9. The second-order valence-corrected chi connectivity index (χ2v) is 6.44. The number of para-hydroxylation sites is 1. The summed E-state index contributed by atoms with van der Waals surface area (Å²) in [6.45, 7) is 3.69. The predicted octanol–water partition coefficient (Wildman–Crippen LogP) is 4.79. The van der Waals surface area contributed by atoms with Crippen LogP contribution in [0, 0.1) is 0 Å². The number of amides is 1. The van der Waals surface area contributed by atoms with E-state index in [0.29, 0.717) is 11.7 Å². The number of nitrogens with one attached hydrogen (secondary N) is 2. The Morgan fingerprint density at radius 3 is 2.65 bits per heavy atom. The summed E-state index contributed by atoms with van der Waals surface area (Å²) in [4.78, 5) is 12.6. The Morgan fingerprint density at radius 1 is 1.12 bits per heavy atom. The number of hydrogen-bond donors (Lipinski definition) is 2. The van der Waals surface area contributed by atoms with Gasteiger partial charge in [-0.05, 0) is 62.1 Å². The minimum Gasteiger partial charge on any atom is -0.490 e. The molecule has 0 radical (unpaired) electrons. The molecule has 1 fully saturated rings. The molecule has 1 amide bonds. The molecule has 0 aromatic heterocycles. The van der Waals surface area contributed by atoms with E-state index >= 15 is 0 Å². The predicted molar refractivity (Wildman–Crippen MR) is 108 cm³/mol. The first kappa shape index (κ1) is 20.3. The number of rotatable bonds is 7. The molecule has 2 aromatic carbocycles. The van der Waals surface area contributed by atoms with Crippen molar-refractivity contribution < 1.29 is 9.53 Å². The average Bonchev–Trinajstić information content (AvgIpc) is 3.14. The minimum atomic E-state index is -0.110. The number of anilines is 1. The summed E-state index contributed by atoms with van der Waals surface area (Å²) in [6, 6.07) is 15.3. The van der Waals surface area contributed by atoms with E-state index in [9.17, 15) is 4.79 Å². The lowest BCUT2D eigenvalue weighted by molar-refractivity contribution is 0.102. The van der Waals surface area contributed by atoms with E-state index in [2.05, 4.69) is 17.6 Å². The summed E-state index contributed by atoms with van der Waals surface area (Å²) < 4.78 is 6.00. The fourth-order valence-electron chi connectivity index (χ4n) is 3.16. The van der Waals surface area contributed by atoms with Crippen LogP contribution in [0.2, 0.25) is 0 Å². The quantitative estimate of drug-likeness (QED) is 0.732. The lowest BCUT2D eigenvalue weighted by atomic mass is 10.1. The number of hydrogen-bond acceptors (Lipinski definition) is 3. The largest absolute Gasteiger partial charge is 0.490 e. The van der Waals surface area contributed by atoms with Gasteiger partial charge in [0.05, 0.1) is 6.10 Å². The second kappa shape index (κ2) is 10.2. The third kappa shape index (κ3) is 5.48. The maximum Gasteiger partial charge on any atom is 0.255 e. The fraction of sp³-hybridized carbons (Fsp3) is 0.381. The van der Waals surface area contributed by atoms with Gasteiger partial charge in [-0.2, -0.15) is 0 Å². The van der Waals surface area contributed by atoms with E-state index < -0.39 is 0 Å². The fourth-order valence-corrected chi connectivity index (χ4v) is 3.16. The van der Waals surface area contributed by atoms with Crippen LogP contribution in [0.5, 0.6) is 5.75 Å². The molecule has 0 aliphatic heterocycles. The minimum absolute atomic E-state index is 0. The zero-order valence-electron chi connectivity index (χ0n) is 15.2. The van der Waals surface area contributed by atoms with Crippen molar-refractivity contribution in [2.75, 3.05) is 11.9 Å². The maximum atomic E-state index is 12.6. The Bertz CT molecular complexity index is 715. The van der Waals surface area contributed by atoms with E-state index in [1.165, 1.54) is 12.8 Å². The molecule has 1 saturated carbocycles. The van der Waals surface area contributed by atoms with Gasteiger partial charge in [0.25, 0.3) is 5.91 Å². The highest BCUT2D eigenvalue weighted by Crippen LogP contribution is 2.25. The van der Waals surface area contributed by atoms with Gasteiger partial charge in [0.2, 0.25) is 0 Å². The molecule has 0 spiro atoms. The standard InChI is InChI=1S/C21H26N2O2.ClH/c1-2-22-15-17-8-3-6-13-20(17)23-21(24)16-9-7-12-19(14-16)25-18-10-4-5-11-18;/h3,6-9,12-14,18,22H,2,4-5,10-11,15H2,1H3,(H,23,24);1H. The van der Waals surface area contributed by atoms with Crippen molar-refractivity contribution in [3.05, 3.63) is 59.7 Å². The van der Waals surface area contributed by atoms with E-state index in [-0.39, 0.29) is 18.3 Å². The van der Waals surface area contributed by atoms with Crippen molar-refractivity contribution >= 4 is 24.0 Å². The van der Waals surface area contributed by atoms with Gasteiger partial charge < -0.3 is 15.4 Å². The van der Waals surface area contributed by atoms with Crippen LogP contribution in [-0.4, -0.2) is 18.6 Å². The number of carbonyl (C=O) groups excluding carboxylic acids is 1. The zero-order chi connectivity index (χ0) is 17.5. The molecule has 140 valence electrons. The van der Waals surface area contributed by atoms with Gasteiger partial charge in [-0.1, -0.05) is 31.2 Å². The molecule has 0 unspecified atom stereocenters. The van der Waals surface area contributed by atoms with Crippen molar-refractivity contribution in [2.24, 2.45) is 0 Å². The molecule has 5 heteroatoms. The van der Waals surface area contributed by atoms with Crippen LogP contribution < -0.4 is 15.4 Å². The van der Waals surface area contributed by atoms with E-state index in [1.54, 1.807) is 0 Å². The van der Waals surface area contributed by atoms with E-state index in [0.717, 1.165) is 42.9 Å². The van der Waals surface area contributed by atoms with Gasteiger partial charge in [0, 0.05) is 17.8 Å². The lowest BCUT2D eigenvalue weighted by Gasteiger charge is -2.14. The summed E-state index contributed by atoms with van der Waals surface area (Å²) in [5.41, 5.74) is 2.54. The third-order valence-electron chi connectivity index (χ3n) is 4.53. The Balaban J connectivity index is 0.00000243. The van der Waals surface area contributed by atoms with Crippen LogP contribution in [-0.2, 0) is 6.54 Å². The Labute approximate surface area is 161 Å². The monoisotopic (exact) mass is 374 g/mol. The molecular weight excluding hydrogens is 348 g/mol. The number of ether oxygens (including phenoxy) is 1. The summed E-state index contributed by atoms with van der Waals surface area (Å²) >= 11 is 0. The van der Waals surface area contributed by atoms with Crippen molar-refractivity contribution in [3.8, 4) is 5.75 Å². The molecule has 1 aliphatic carbocycles. The third-order valence-corrected chi connectivity index (χ3v) is 4.53. The molecule has 2 N–H and O–H groups in total. The maximum absolute atomic E-state index is 12.6. The van der Waals surface area contributed by atoms with Gasteiger partial charge in [-0.15, -0.1) is 12.4 Å². The highest BCUT2D eigenvalue weighted by molar-refractivity contribution is 6.04. The van der Waals surface area contributed by atoms with Crippen LogP contribution in [0.15, 0.2) is 48.5 Å². The van der Waals surface area contributed by atoms with Crippen molar-refractivity contribution in [2.45, 2.75) is 45.3 Å². The number of benzene rings is 2. The van der Waals surface area contributed by atoms with Crippen molar-refractivity contribution in [1.82, 2.24) is 5.32 Å². The van der Waals surface area contributed by atoms with Gasteiger partial charge in [-0.25, -0.2) is 0 Å².